The van der Waals surface area contributed by atoms with Gasteiger partial charge in [0.05, 0.1) is 13.7 Å². The van der Waals surface area contributed by atoms with Crippen LogP contribution in [-0.4, -0.2) is 79.4 Å². The molecule has 2 amide bonds. The maximum Gasteiger partial charge on any atom is 0.242 e. The number of nitrogens with zero attached hydrogens (tertiary/aromatic N) is 3. The minimum absolute atomic E-state index is 0.0333. The standard InChI is InChI=1S/C19H29N3O3/c1-4-20-11-13-21(14-12-20)19(24)15-22(16(2)23)10-9-17-7-5-6-8-18(17)25-3/h5-8H,4,9-15H2,1-3H3. The maximum atomic E-state index is 12.5. The van der Waals surface area contributed by atoms with Gasteiger partial charge in [0.2, 0.25) is 11.8 Å². The Kier molecular flexibility index (Phi) is 7.25. The first-order valence-corrected chi connectivity index (χ1v) is 8.92. The molecule has 138 valence electrons. The van der Waals surface area contributed by atoms with Crippen LogP contribution in [0, 0.1) is 0 Å². The fourth-order valence-electron chi connectivity index (χ4n) is 3.09. The van der Waals surface area contributed by atoms with Crippen LogP contribution in [0.5, 0.6) is 5.75 Å². The van der Waals surface area contributed by atoms with Crippen LogP contribution < -0.4 is 4.74 Å². The van der Waals surface area contributed by atoms with Crippen LogP contribution >= 0.6 is 0 Å². The zero-order valence-electron chi connectivity index (χ0n) is 15.5. The number of carbonyl (C=O) groups excluding carboxylic acids is 2. The van der Waals surface area contributed by atoms with E-state index >= 15 is 0 Å². The molecule has 0 radical (unpaired) electrons. The molecule has 1 aromatic rings. The third-order valence-corrected chi connectivity index (χ3v) is 4.79. The van der Waals surface area contributed by atoms with Crippen molar-refractivity contribution in [1.29, 1.82) is 0 Å². The van der Waals surface area contributed by atoms with Crippen molar-refractivity contribution >= 4 is 11.8 Å². The van der Waals surface area contributed by atoms with Gasteiger partial charge in [0.25, 0.3) is 0 Å². The topological polar surface area (TPSA) is 53.1 Å². The number of carbonyl (C=O) groups is 2. The van der Waals surface area contributed by atoms with Gasteiger partial charge in [-0.15, -0.1) is 0 Å². The van der Waals surface area contributed by atoms with E-state index in [2.05, 4.69) is 11.8 Å². The normalized spacial score (nSPS) is 15.1. The number of likely N-dealkylation sites (N-methyl/N-ethyl adjacent to an activating group) is 1. The van der Waals surface area contributed by atoms with Crippen molar-refractivity contribution < 1.29 is 14.3 Å². The van der Waals surface area contributed by atoms with Crippen molar-refractivity contribution in [2.75, 3.05) is 52.9 Å². The Balaban J connectivity index is 1.90. The van der Waals surface area contributed by atoms with Crippen LogP contribution in [0.25, 0.3) is 0 Å². The number of hydrogen-bond donors (Lipinski definition) is 0. The molecule has 0 N–H and O–H groups in total. The van der Waals surface area contributed by atoms with Crippen LogP contribution in [0.1, 0.15) is 19.4 Å². The minimum Gasteiger partial charge on any atom is -0.496 e. The third-order valence-electron chi connectivity index (χ3n) is 4.79. The maximum absolute atomic E-state index is 12.5. The third kappa shape index (κ3) is 5.46. The van der Waals surface area contributed by atoms with E-state index < -0.39 is 0 Å². The summed E-state index contributed by atoms with van der Waals surface area (Å²) in [6, 6.07) is 7.77. The first-order valence-electron chi connectivity index (χ1n) is 8.92. The molecule has 1 saturated heterocycles. The Morgan fingerprint density at radius 2 is 1.84 bits per heavy atom. The second-order valence-electron chi connectivity index (χ2n) is 6.32. The van der Waals surface area contributed by atoms with Crippen LogP contribution in [-0.2, 0) is 16.0 Å². The molecule has 6 nitrogen and oxygen atoms in total. The lowest BCUT2D eigenvalue weighted by Gasteiger charge is -2.35. The van der Waals surface area contributed by atoms with Crippen LogP contribution in [0.2, 0.25) is 0 Å². The summed E-state index contributed by atoms with van der Waals surface area (Å²) in [6.07, 6.45) is 0.667. The summed E-state index contributed by atoms with van der Waals surface area (Å²) >= 11 is 0. The molecular weight excluding hydrogens is 318 g/mol. The molecular formula is C19H29N3O3. The van der Waals surface area contributed by atoms with Crippen LogP contribution in [0.3, 0.4) is 0 Å². The number of amides is 2. The Morgan fingerprint density at radius 1 is 1.16 bits per heavy atom. The zero-order chi connectivity index (χ0) is 18.2. The number of ether oxygens (including phenoxy) is 1. The lowest BCUT2D eigenvalue weighted by Crippen LogP contribution is -2.51. The average molecular weight is 347 g/mol. The predicted molar refractivity (Wildman–Crippen MR) is 97.6 cm³/mol. The number of para-hydroxylation sites is 1. The molecule has 1 fully saturated rings. The van der Waals surface area contributed by atoms with E-state index in [1.165, 1.54) is 6.92 Å². The number of methoxy groups -OCH3 is 1. The summed E-state index contributed by atoms with van der Waals surface area (Å²) in [5.41, 5.74) is 1.04. The highest BCUT2D eigenvalue weighted by molar-refractivity contribution is 5.84. The van der Waals surface area contributed by atoms with Gasteiger partial charge in [-0.25, -0.2) is 0 Å². The molecule has 1 aliphatic rings. The summed E-state index contributed by atoms with van der Waals surface area (Å²) < 4.78 is 5.35. The number of piperazine rings is 1. The molecule has 6 heteroatoms. The fourth-order valence-corrected chi connectivity index (χ4v) is 3.09. The van der Waals surface area contributed by atoms with Gasteiger partial charge >= 0.3 is 0 Å². The van der Waals surface area contributed by atoms with E-state index in [0.717, 1.165) is 44.0 Å². The van der Waals surface area contributed by atoms with Crippen LogP contribution in [0.4, 0.5) is 0 Å². The molecule has 0 bridgehead atoms. The minimum atomic E-state index is -0.0737. The molecule has 0 unspecified atom stereocenters. The van der Waals surface area contributed by atoms with Gasteiger partial charge in [-0.2, -0.15) is 0 Å². The van der Waals surface area contributed by atoms with Crippen molar-refractivity contribution in [2.45, 2.75) is 20.3 Å². The number of benzene rings is 1. The first-order chi connectivity index (χ1) is 12.0. The molecule has 2 rings (SSSR count). The molecule has 1 aromatic carbocycles. The molecule has 0 spiro atoms. The molecule has 1 heterocycles. The van der Waals surface area contributed by atoms with Crippen molar-refractivity contribution in [3.63, 3.8) is 0 Å². The molecule has 0 aromatic heterocycles. The molecule has 25 heavy (non-hydrogen) atoms. The van der Waals surface area contributed by atoms with E-state index in [1.54, 1.807) is 12.0 Å². The smallest absolute Gasteiger partial charge is 0.242 e. The van der Waals surface area contributed by atoms with Gasteiger partial charge in [0.15, 0.2) is 0 Å². The summed E-state index contributed by atoms with van der Waals surface area (Å²) in [5, 5.41) is 0. The van der Waals surface area contributed by atoms with E-state index in [-0.39, 0.29) is 18.4 Å². The highest BCUT2D eigenvalue weighted by Gasteiger charge is 2.23. The Bertz CT molecular complexity index is 583. The van der Waals surface area contributed by atoms with Gasteiger partial charge in [-0.1, -0.05) is 25.1 Å². The molecule has 0 saturated carbocycles. The number of rotatable bonds is 7. The molecule has 0 atom stereocenters. The Morgan fingerprint density at radius 3 is 2.44 bits per heavy atom. The van der Waals surface area contributed by atoms with Gasteiger partial charge in [0.1, 0.15) is 5.75 Å². The second kappa shape index (κ2) is 9.42. The van der Waals surface area contributed by atoms with Crippen LogP contribution in [0.15, 0.2) is 24.3 Å². The monoisotopic (exact) mass is 347 g/mol. The predicted octanol–water partition coefficient (Wildman–Crippen LogP) is 1.25. The van der Waals surface area contributed by atoms with Crippen molar-refractivity contribution in [2.24, 2.45) is 0 Å². The summed E-state index contributed by atoms with van der Waals surface area (Å²) in [6.45, 7) is 8.62. The Hall–Kier alpha value is -2.08. The fraction of sp³-hybridized carbons (Fsp3) is 0.579. The molecule has 0 aliphatic carbocycles. The zero-order valence-corrected chi connectivity index (χ0v) is 15.5. The SMILES string of the molecule is CCN1CCN(C(=O)CN(CCc2ccccc2OC)C(C)=O)CC1. The van der Waals surface area contributed by atoms with Gasteiger partial charge in [-0.3, -0.25) is 9.59 Å². The van der Waals surface area contributed by atoms with Crippen molar-refractivity contribution in [1.82, 2.24) is 14.7 Å². The first kappa shape index (κ1) is 19.2. The van der Waals surface area contributed by atoms with Gasteiger partial charge in [-0.05, 0) is 24.6 Å². The van der Waals surface area contributed by atoms with E-state index in [0.29, 0.717) is 13.0 Å². The highest BCUT2D eigenvalue weighted by Crippen LogP contribution is 2.18. The quantitative estimate of drug-likeness (QED) is 0.745. The van der Waals surface area contributed by atoms with Gasteiger partial charge < -0.3 is 19.4 Å². The number of hydrogen-bond acceptors (Lipinski definition) is 4. The highest BCUT2D eigenvalue weighted by atomic mass is 16.5. The van der Waals surface area contributed by atoms with Gasteiger partial charge in [0, 0.05) is 39.6 Å². The van der Waals surface area contributed by atoms with E-state index in [1.807, 2.05) is 29.2 Å². The van der Waals surface area contributed by atoms with E-state index in [4.69, 9.17) is 4.74 Å². The largest absolute Gasteiger partial charge is 0.496 e. The summed E-state index contributed by atoms with van der Waals surface area (Å²) in [5.74, 6) is 0.773. The summed E-state index contributed by atoms with van der Waals surface area (Å²) in [7, 11) is 1.64. The van der Waals surface area contributed by atoms with E-state index in [9.17, 15) is 9.59 Å². The molecule has 1 aliphatic heterocycles. The lowest BCUT2D eigenvalue weighted by molar-refractivity contribution is -0.140. The average Bonchev–Trinajstić information content (AvgIpc) is 2.64. The second-order valence-corrected chi connectivity index (χ2v) is 6.32. The van der Waals surface area contributed by atoms with Crippen molar-refractivity contribution in [3.05, 3.63) is 29.8 Å². The van der Waals surface area contributed by atoms with Crippen molar-refractivity contribution in [3.8, 4) is 5.75 Å². The lowest BCUT2D eigenvalue weighted by atomic mass is 10.1. The Labute approximate surface area is 150 Å². The summed E-state index contributed by atoms with van der Waals surface area (Å²) in [4.78, 5) is 30.3.